The summed E-state index contributed by atoms with van der Waals surface area (Å²) in [6.45, 7) is 14.3. The number of fused-ring (bicyclic) bond motifs is 7. The molecule has 8 atom stereocenters. The summed E-state index contributed by atoms with van der Waals surface area (Å²) in [6, 6.07) is 0. The van der Waals surface area contributed by atoms with E-state index in [0.717, 1.165) is 51.4 Å². The number of hydrogen-bond acceptors (Lipinski definition) is 2. The lowest BCUT2D eigenvalue weighted by Gasteiger charge is -2.71. The quantitative estimate of drug-likeness (QED) is 0.444. The predicted molar refractivity (Wildman–Crippen MR) is 127 cm³/mol. The van der Waals surface area contributed by atoms with Crippen molar-refractivity contribution in [2.45, 2.75) is 106 Å². The van der Waals surface area contributed by atoms with Crippen LogP contribution in [0.2, 0.25) is 0 Å². The fourth-order valence-electron chi connectivity index (χ4n) is 10.4. The van der Waals surface area contributed by atoms with Gasteiger partial charge >= 0.3 is 5.97 Å². The molecule has 0 aromatic rings. The number of carboxylic acids is 1. The zero-order valence-electron chi connectivity index (χ0n) is 21.2. The lowest BCUT2D eigenvalue weighted by atomic mass is 9.32. The van der Waals surface area contributed by atoms with Gasteiger partial charge in [0.25, 0.3) is 0 Å². The largest absolute Gasteiger partial charge is 0.481 e. The van der Waals surface area contributed by atoms with Crippen LogP contribution in [0.3, 0.4) is 0 Å². The third kappa shape index (κ3) is 2.55. The summed E-state index contributed by atoms with van der Waals surface area (Å²) in [6.07, 6.45) is 12.5. The van der Waals surface area contributed by atoms with E-state index in [1.54, 1.807) is 0 Å². The molecule has 32 heavy (non-hydrogen) atoms. The molecule has 5 aliphatic rings. The van der Waals surface area contributed by atoms with Crippen LogP contribution in [-0.4, -0.2) is 16.9 Å². The molecule has 0 heterocycles. The third-order valence-corrected chi connectivity index (χ3v) is 12.5. The van der Waals surface area contributed by atoms with Gasteiger partial charge < -0.3 is 5.11 Å². The van der Waals surface area contributed by atoms with Crippen LogP contribution in [0.25, 0.3) is 0 Å². The zero-order valence-corrected chi connectivity index (χ0v) is 21.2. The number of carbonyl (C=O) groups excluding carboxylic acids is 1. The van der Waals surface area contributed by atoms with E-state index < -0.39 is 11.4 Å². The average Bonchev–Trinajstić information content (AvgIpc) is 2.71. The van der Waals surface area contributed by atoms with Gasteiger partial charge in [-0.05, 0) is 97.7 Å². The standard InChI is InChI=1S/C29H44O3/c1-18-9-14-29(24(31)32)16-15-27(5)19(20(29)17-18)7-8-22-26(4)12-11-23(30)25(2,3)21(26)10-13-28(22,27)6/h17-19,21-22H,7-16H2,1-6H3,(H,31,32). The molecule has 8 unspecified atom stereocenters. The second kappa shape index (κ2) is 6.72. The van der Waals surface area contributed by atoms with Crippen LogP contribution in [-0.2, 0) is 9.59 Å². The summed E-state index contributed by atoms with van der Waals surface area (Å²) in [4.78, 5) is 25.5. The number of hydrogen-bond donors (Lipinski definition) is 1. The van der Waals surface area contributed by atoms with Crippen LogP contribution >= 0.6 is 0 Å². The van der Waals surface area contributed by atoms with Crippen LogP contribution in [0.5, 0.6) is 0 Å². The maximum absolute atomic E-state index is 12.9. The van der Waals surface area contributed by atoms with E-state index in [2.05, 4.69) is 47.6 Å². The first-order valence-corrected chi connectivity index (χ1v) is 13.3. The van der Waals surface area contributed by atoms with Crippen LogP contribution in [0.15, 0.2) is 11.6 Å². The van der Waals surface area contributed by atoms with Crippen LogP contribution < -0.4 is 0 Å². The molecule has 1 N–H and O–H groups in total. The van der Waals surface area contributed by atoms with Gasteiger partial charge in [0.15, 0.2) is 0 Å². The molecule has 4 fully saturated rings. The second-order valence-electron chi connectivity index (χ2n) is 13.8. The fourth-order valence-corrected chi connectivity index (χ4v) is 10.4. The Morgan fingerprint density at radius 2 is 1.59 bits per heavy atom. The molecule has 0 bridgehead atoms. The van der Waals surface area contributed by atoms with E-state index in [1.807, 2.05) is 0 Å². The lowest BCUT2D eigenvalue weighted by Crippen LogP contribution is -2.65. The van der Waals surface area contributed by atoms with E-state index in [4.69, 9.17) is 0 Å². The minimum Gasteiger partial charge on any atom is -0.481 e. The summed E-state index contributed by atoms with van der Waals surface area (Å²) in [7, 11) is 0. The van der Waals surface area contributed by atoms with Gasteiger partial charge in [0, 0.05) is 11.8 Å². The summed E-state index contributed by atoms with van der Waals surface area (Å²) < 4.78 is 0. The molecule has 178 valence electrons. The van der Waals surface area contributed by atoms with Crippen molar-refractivity contribution in [1.29, 1.82) is 0 Å². The first-order valence-electron chi connectivity index (χ1n) is 13.3. The van der Waals surface area contributed by atoms with Gasteiger partial charge in [0.05, 0.1) is 5.41 Å². The number of carboxylic acid groups (broad SMARTS) is 1. The Morgan fingerprint density at radius 3 is 2.28 bits per heavy atom. The molecule has 0 aromatic heterocycles. The van der Waals surface area contributed by atoms with Gasteiger partial charge in [-0.25, -0.2) is 0 Å². The van der Waals surface area contributed by atoms with E-state index >= 15 is 0 Å². The molecule has 0 aliphatic heterocycles. The molecule has 0 amide bonds. The molecule has 5 rings (SSSR count). The number of aliphatic carboxylic acids is 1. The molecule has 0 saturated heterocycles. The SMILES string of the molecule is CC1C=C2C3CCC4C5(C)CCC(=O)C(C)(C)C5CCC4(C)C3(C)CCC2(C(=O)O)CC1. The highest BCUT2D eigenvalue weighted by Crippen LogP contribution is 2.75. The first kappa shape index (κ1) is 22.7. The highest BCUT2D eigenvalue weighted by Gasteiger charge is 2.69. The van der Waals surface area contributed by atoms with E-state index in [1.165, 1.54) is 18.4 Å². The van der Waals surface area contributed by atoms with Gasteiger partial charge in [-0.15, -0.1) is 0 Å². The molecule has 3 heteroatoms. The zero-order chi connectivity index (χ0) is 23.3. The van der Waals surface area contributed by atoms with Gasteiger partial charge in [-0.3, -0.25) is 9.59 Å². The van der Waals surface area contributed by atoms with Crippen molar-refractivity contribution >= 4 is 11.8 Å². The Bertz CT molecular complexity index is 885. The molecular formula is C29H44O3. The summed E-state index contributed by atoms with van der Waals surface area (Å²) in [5.41, 5.74) is 1.05. The van der Waals surface area contributed by atoms with E-state index in [0.29, 0.717) is 29.5 Å². The maximum Gasteiger partial charge on any atom is 0.313 e. The Morgan fingerprint density at radius 1 is 0.875 bits per heavy atom. The Kier molecular flexibility index (Phi) is 4.76. The van der Waals surface area contributed by atoms with Gasteiger partial charge in [-0.1, -0.05) is 53.2 Å². The number of ketones is 1. The smallest absolute Gasteiger partial charge is 0.313 e. The average molecular weight is 441 g/mol. The second-order valence-corrected chi connectivity index (χ2v) is 13.8. The van der Waals surface area contributed by atoms with Crippen molar-refractivity contribution in [2.75, 3.05) is 0 Å². The monoisotopic (exact) mass is 440 g/mol. The maximum atomic E-state index is 12.9. The van der Waals surface area contributed by atoms with Crippen molar-refractivity contribution in [2.24, 2.45) is 50.7 Å². The molecule has 0 aromatic carbocycles. The van der Waals surface area contributed by atoms with Gasteiger partial charge in [0.1, 0.15) is 5.78 Å². The minimum atomic E-state index is -0.611. The van der Waals surface area contributed by atoms with Crippen molar-refractivity contribution in [3.05, 3.63) is 11.6 Å². The lowest BCUT2D eigenvalue weighted by molar-refractivity contribution is -0.212. The number of rotatable bonds is 1. The molecule has 0 spiro atoms. The van der Waals surface area contributed by atoms with E-state index in [-0.39, 0.29) is 21.7 Å². The molecule has 0 radical (unpaired) electrons. The van der Waals surface area contributed by atoms with Crippen molar-refractivity contribution in [1.82, 2.24) is 0 Å². The summed E-state index contributed by atoms with van der Waals surface area (Å²) in [5, 5.41) is 10.4. The Balaban J connectivity index is 1.57. The number of carbonyl (C=O) groups is 2. The highest BCUT2D eigenvalue weighted by molar-refractivity contribution is 5.85. The van der Waals surface area contributed by atoms with Crippen LogP contribution in [0, 0.1) is 50.7 Å². The van der Waals surface area contributed by atoms with E-state index in [9.17, 15) is 14.7 Å². The Hall–Kier alpha value is -1.12. The number of allylic oxidation sites excluding steroid dienone is 1. The van der Waals surface area contributed by atoms with Crippen LogP contribution in [0.4, 0.5) is 0 Å². The van der Waals surface area contributed by atoms with Crippen molar-refractivity contribution in [3.63, 3.8) is 0 Å². The minimum absolute atomic E-state index is 0.150. The summed E-state index contributed by atoms with van der Waals surface area (Å²) in [5.74, 6) is 1.88. The third-order valence-electron chi connectivity index (χ3n) is 12.5. The van der Waals surface area contributed by atoms with Crippen LogP contribution in [0.1, 0.15) is 106 Å². The summed E-state index contributed by atoms with van der Waals surface area (Å²) >= 11 is 0. The first-order chi connectivity index (χ1) is 14.8. The van der Waals surface area contributed by atoms with Crippen molar-refractivity contribution in [3.8, 4) is 0 Å². The fraction of sp³-hybridized carbons (Fsp3) is 0.862. The molecule has 3 nitrogen and oxygen atoms in total. The molecule has 4 saturated carbocycles. The predicted octanol–water partition coefficient (Wildman–Crippen LogP) is 7.05. The topological polar surface area (TPSA) is 54.4 Å². The Labute approximate surface area is 194 Å². The normalized spacial score (nSPS) is 52.1. The molecule has 5 aliphatic carbocycles. The van der Waals surface area contributed by atoms with Gasteiger partial charge in [-0.2, -0.15) is 0 Å². The molecular weight excluding hydrogens is 396 g/mol. The van der Waals surface area contributed by atoms with Gasteiger partial charge in [0.2, 0.25) is 0 Å². The highest BCUT2D eigenvalue weighted by atomic mass is 16.4. The van der Waals surface area contributed by atoms with Crippen molar-refractivity contribution < 1.29 is 14.7 Å². The number of Topliss-reactive ketones (excluding diaryl/α,β-unsaturated/α-hetero) is 1.